The second kappa shape index (κ2) is 8.63. The minimum atomic E-state index is -3.26. The summed E-state index contributed by atoms with van der Waals surface area (Å²) in [6.07, 6.45) is 0. The van der Waals surface area contributed by atoms with Crippen molar-refractivity contribution in [2.24, 2.45) is 0 Å². The van der Waals surface area contributed by atoms with E-state index in [9.17, 15) is 13.7 Å². The van der Waals surface area contributed by atoms with Gasteiger partial charge in [-0.1, -0.05) is 6.58 Å². The maximum Gasteiger partial charge on any atom is 0.172 e. The van der Waals surface area contributed by atoms with E-state index in [4.69, 9.17) is 0 Å². The molecule has 0 bridgehead atoms. The van der Waals surface area contributed by atoms with Gasteiger partial charge < -0.3 is 14.8 Å². The Labute approximate surface area is 135 Å². The number of pyridine rings is 1. The summed E-state index contributed by atoms with van der Waals surface area (Å²) in [5.41, 5.74) is 1.17. The summed E-state index contributed by atoms with van der Waals surface area (Å²) < 4.78 is 27.3. The predicted octanol–water partition coefficient (Wildman–Crippen LogP) is 1.51. The molecule has 1 aromatic rings. The Balaban J connectivity index is 2.84. The van der Waals surface area contributed by atoms with Crippen LogP contribution in [0.1, 0.15) is 11.1 Å². The third-order valence-corrected chi connectivity index (χ3v) is 4.22. The van der Waals surface area contributed by atoms with Crippen molar-refractivity contribution in [1.82, 2.24) is 4.98 Å². The molecule has 0 amide bonds. The summed E-state index contributed by atoms with van der Waals surface area (Å²) in [7, 11) is -3.26. The van der Waals surface area contributed by atoms with Crippen molar-refractivity contribution < 1.29 is 12.6 Å². The van der Waals surface area contributed by atoms with Crippen molar-refractivity contribution in [1.29, 1.82) is 5.26 Å². The summed E-state index contributed by atoms with van der Waals surface area (Å²) in [6, 6.07) is 3.78. The van der Waals surface area contributed by atoms with Crippen LogP contribution < -0.4 is 10.6 Å². The van der Waals surface area contributed by atoms with Gasteiger partial charge in [0.1, 0.15) is 17.7 Å². The van der Waals surface area contributed by atoms with Crippen LogP contribution >= 0.6 is 12.9 Å². The van der Waals surface area contributed by atoms with E-state index in [-0.39, 0.29) is 12.3 Å². The zero-order chi connectivity index (χ0) is 16.6. The summed E-state index contributed by atoms with van der Waals surface area (Å²) in [5.74, 6) is 0.833. The van der Waals surface area contributed by atoms with Gasteiger partial charge in [-0.15, -0.1) is 0 Å². The highest BCUT2D eigenvalue weighted by atomic mass is 32.2. The highest BCUT2D eigenvalue weighted by Gasteiger charge is 2.10. The minimum Gasteiger partial charge on any atom is -0.369 e. The van der Waals surface area contributed by atoms with Gasteiger partial charge >= 0.3 is 0 Å². The number of nitrogens with zero attached hydrogens (tertiary/aromatic N) is 2. The highest BCUT2D eigenvalue weighted by Crippen LogP contribution is 2.20. The van der Waals surface area contributed by atoms with E-state index in [1.54, 1.807) is 13.0 Å². The molecule has 7 nitrogen and oxygen atoms in total. The van der Waals surface area contributed by atoms with E-state index >= 15 is 0 Å². The quantitative estimate of drug-likeness (QED) is 0.355. The molecule has 0 fully saturated rings. The third-order valence-electron chi connectivity index (χ3n) is 2.76. The maximum atomic E-state index is 11.3. The maximum absolute atomic E-state index is 11.3. The van der Waals surface area contributed by atoms with Gasteiger partial charge in [0.2, 0.25) is 0 Å². The lowest BCUT2D eigenvalue weighted by Crippen LogP contribution is -2.16. The number of rotatable bonds is 9. The van der Waals surface area contributed by atoms with Crippen molar-refractivity contribution in [2.75, 3.05) is 36.1 Å². The zero-order valence-electron chi connectivity index (χ0n) is 12.2. The zero-order valence-corrected chi connectivity index (χ0v) is 13.9. The molecule has 0 unspecified atom stereocenters. The number of hydrogen-bond donors (Lipinski definition) is 3. The van der Waals surface area contributed by atoms with Crippen LogP contribution in [0.15, 0.2) is 18.1 Å². The molecule has 0 aromatic carbocycles. The topological polar surface area (TPSA) is 104 Å². The van der Waals surface area contributed by atoms with E-state index in [0.717, 1.165) is 11.0 Å². The second-order valence-corrected chi connectivity index (χ2v) is 6.71. The monoisotopic (exact) mass is 342 g/mol. The van der Waals surface area contributed by atoms with Crippen LogP contribution in [0, 0.1) is 18.3 Å². The van der Waals surface area contributed by atoms with Gasteiger partial charge in [0.25, 0.3) is 0 Å². The van der Waals surface area contributed by atoms with Crippen molar-refractivity contribution in [3.05, 3.63) is 29.2 Å². The summed E-state index contributed by atoms with van der Waals surface area (Å²) in [5, 5.41) is 16.0. The summed E-state index contributed by atoms with van der Waals surface area (Å²) in [6.45, 7) is 6.03. The van der Waals surface area contributed by atoms with E-state index in [2.05, 4.69) is 45.4 Å². The number of anilines is 2. The molecular formula is C13H18N4O3S2. The first kappa shape index (κ1) is 18.3. The molecule has 0 aliphatic heterocycles. The number of thiol groups is 1. The molecular weight excluding hydrogens is 324 g/mol. The fourth-order valence-corrected chi connectivity index (χ4v) is 2.30. The minimum absolute atomic E-state index is 0.0759. The van der Waals surface area contributed by atoms with Crippen molar-refractivity contribution in [3.8, 4) is 6.07 Å². The van der Waals surface area contributed by atoms with Gasteiger partial charge in [0.05, 0.1) is 17.9 Å². The first-order valence-electron chi connectivity index (χ1n) is 6.44. The van der Waals surface area contributed by atoms with E-state index < -0.39 is 9.84 Å². The molecule has 120 valence electrons. The summed E-state index contributed by atoms with van der Waals surface area (Å²) >= 11 is 3.64. The molecule has 0 aliphatic carbocycles. The first-order valence-corrected chi connectivity index (χ1v) is 8.52. The van der Waals surface area contributed by atoms with E-state index in [1.165, 1.54) is 0 Å². The average molecular weight is 342 g/mol. The van der Waals surface area contributed by atoms with Crippen LogP contribution in [-0.2, 0) is 14.0 Å². The molecule has 0 radical (unpaired) electrons. The molecule has 0 atom stereocenters. The lowest BCUT2D eigenvalue weighted by atomic mass is 10.1. The lowest BCUT2D eigenvalue weighted by molar-refractivity contribution is 0.400. The van der Waals surface area contributed by atoms with Gasteiger partial charge in [0, 0.05) is 18.5 Å². The molecule has 0 saturated carbocycles. The smallest absolute Gasteiger partial charge is 0.172 e. The van der Waals surface area contributed by atoms with Crippen LogP contribution in [0.25, 0.3) is 0 Å². The van der Waals surface area contributed by atoms with Crippen molar-refractivity contribution in [2.45, 2.75) is 6.92 Å². The predicted molar refractivity (Wildman–Crippen MR) is 89.6 cm³/mol. The largest absolute Gasteiger partial charge is 0.369 e. The number of aromatic nitrogens is 1. The number of nitrogens with one attached hydrogen (secondary N) is 2. The number of nitriles is 1. The third kappa shape index (κ3) is 5.55. The molecule has 22 heavy (non-hydrogen) atoms. The number of sulfone groups is 1. The Morgan fingerprint density at radius 2 is 2.23 bits per heavy atom. The fraction of sp³-hybridized carbons (Fsp3) is 0.385. The standard InChI is InChI=1S/C13H18N4O3S2/c1-3-22(18,19)7-5-15-12-8-10(2)11(9-14)13(17-12)16-4-6-20-21/h3,8,21H,1,4-7H2,2H3,(H2,15,16,17). The Morgan fingerprint density at radius 3 is 2.82 bits per heavy atom. The summed E-state index contributed by atoms with van der Waals surface area (Å²) in [4.78, 5) is 4.28. The van der Waals surface area contributed by atoms with Crippen LogP contribution in [-0.4, -0.2) is 38.9 Å². The molecule has 9 heteroatoms. The number of aryl methyl sites for hydroxylation is 1. The van der Waals surface area contributed by atoms with Gasteiger partial charge in [-0.05, 0) is 31.5 Å². The molecule has 2 N–H and O–H groups in total. The van der Waals surface area contributed by atoms with E-state index in [0.29, 0.717) is 30.4 Å². The SMILES string of the molecule is C=CS(=O)(=O)CCNc1cc(C)c(C#N)c(NCCOS)n1. The van der Waals surface area contributed by atoms with Gasteiger partial charge in [0.15, 0.2) is 9.84 Å². The van der Waals surface area contributed by atoms with Gasteiger partial charge in [-0.25, -0.2) is 13.4 Å². The van der Waals surface area contributed by atoms with E-state index in [1.807, 2.05) is 0 Å². The first-order chi connectivity index (χ1) is 10.4. The van der Waals surface area contributed by atoms with Crippen LogP contribution in [0.2, 0.25) is 0 Å². The van der Waals surface area contributed by atoms with Crippen molar-refractivity contribution >= 4 is 34.4 Å². The fourth-order valence-electron chi connectivity index (χ4n) is 1.65. The van der Waals surface area contributed by atoms with Crippen LogP contribution in [0.3, 0.4) is 0 Å². The van der Waals surface area contributed by atoms with Crippen molar-refractivity contribution in [3.63, 3.8) is 0 Å². The molecule has 0 spiro atoms. The van der Waals surface area contributed by atoms with Crippen LogP contribution in [0.5, 0.6) is 0 Å². The Hall–Kier alpha value is -1.76. The highest BCUT2D eigenvalue weighted by molar-refractivity contribution is 7.94. The van der Waals surface area contributed by atoms with Gasteiger partial charge in [-0.2, -0.15) is 5.26 Å². The molecule has 1 aromatic heterocycles. The Bertz CT molecular complexity index is 669. The Morgan fingerprint density at radius 1 is 1.50 bits per heavy atom. The molecule has 1 heterocycles. The van der Waals surface area contributed by atoms with Gasteiger partial charge in [-0.3, -0.25) is 0 Å². The molecule has 0 saturated heterocycles. The molecule has 0 aliphatic rings. The second-order valence-electron chi connectivity index (χ2n) is 4.38. The average Bonchev–Trinajstić information content (AvgIpc) is 2.47. The Kier molecular flexibility index (Phi) is 7.17. The normalized spacial score (nSPS) is 10.8. The molecule has 1 rings (SSSR count). The van der Waals surface area contributed by atoms with Crippen LogP contribution in [0.4, 0.5) is 11.6 Å². The lowest BCUT2D eigenvalue weighted by Gasteiger charge is -2.12. The number of hydrogen-bond acceptors (Lipinski definition) is 8.